The third kappa shape index (κ3) is 7.13. The average Bonchev–Trinajstić information content (AvgIpc) is 2.93. The van der Waals surface area contributed by atoms with Crippen LogP contribution in [-0.4, -0.2) is 72.3 Å². The van der Waals surface area contributed by atoms with Crippen LogP contribution in [0.3, 0.4) is 0 Å². The predicted molar refractivity (Wildman–Crippen MR) is 106 cm³/mol. The summed E-state index contributed by atoms with van der Waals surface area (Å²) in [5.74, 6) is 0.114. The highest BCUT2D eigenvalue weighted by molar-refractivity contribution is 7.66. The number of alkyl halides is 1. The molecule has 0 radical (unpaired) electrons. The van der Waals surface area contributed by atoms with E-state index in [0.717, 1.165) is 6.20 Å². The molecule has 1 aliphatic heterocycles. The minimum Gasteiger partial charge on any atom is -0.387 e. The Morgan fingerprint density at radius 2 is 1.97 bits per heavy atom. The molecule has 1 aromatic heterocycles. The van der Waals surface area contributed by atoms with Gasteiger partial charge >= 0.3 is 29.2 Å². The fourth-order valence-corrected chi connectivity index (χ4v) is 5.79. The van der Waals surface area contributed by atoms with Crippen LogP contribution in [0.15, 0.2) is 22.2 Å². The van der Waals surface area contributed by atoms with Crippen molar-refractivity contribution in [1.82, 2.24) is 9.55 Å². The first-order chi connectivity index (χ1) is 15.5. The number of ether oxygens (including phenoxy) is 1. The summed E-state index contributed by atoms with van der Waals surface area (Å²) in [6, 6.07) is 1.25. The molecule has 6 N–H and O–H groups in total. The zero-order valence-corrected chi connectivity index (χ0v) is 19.4. The Labute approximate surface area is 188 Å². The number of azide groups is 1. The van der Waals surface area contributed by atoms with Crippen LogP contribution in [-0.2, 0) is 31.6 Å². The molecule has 0 bridgehead atoms. The molecule has 23 heteroatoms. The molecule has 2 rings (SSSR count). The van der Waals surface area contributed by atoms with Gasteiger partial charge in [0.2, 0.25) is 0 Å². The number of aromatic nitrogens is 2. The molecule has 2 unspecified atom stereocenters. The number of anilines is 1. The van der Waals surface area contributed by atoms with Crippen LogP contribution < -0.4 is 11.0 Å². The first kappa shape index (κ1) is 28.5. The lowest BCUT2D eigenvalue weighted by Crippen LogP contribution is -2.48. The molecular formula is C11H18FN6O13P3. The number of hydrogen-bond acceptors (Lipinski definition) is 12. The smallest absolute Gasteiger partial charge is 0.387 e. The summed E-state index contributed by atoms with van der Waals surface area (Å²) in [6.45, 7) is -2.28. The van der Waals surface area contributed by atoms with Crippen molar-refractivity contribution in [1.29, 1.82) is 0 Å². The van der Waals surface area contributed by atoms with Crippen LogP contribution in [0.5, 0.6) is 0 Å². The van der Waals surface area contributed by atoms with Crippen LogP contribution in [0.25, 0.3) is 10.4 Å². The van der Waals surface area contributed by atoms with Crippen molar-refractivity contribution in [3.05, 3.63) is 33.2 Å². The minimum atomic E-state index is -5.86. The molecule has 19 nitrogen and oxygen atoms in total. The Balaban J connectivity index is 2.31. The van der Waals surface area contributed by atoms with Gasteiger partial charge in [-0.15, -0.1) is 0 Å². The van der Waals surface area contributed by atoms with Crippen molar-refractivity contribution < 1.29 is 60.6 Å². The summed E-state index contributed by atoms with van der Waals surface area (Å²) in [5, 5.41) is 16.0. The number of hydrogen-bond donors (Lipinski definition) is 6. The van der Waals surface area contributed by atoms with Crippen molar-refractivity contribution in [3.63, 3.8) is 0 Å². The highest BCUT2D eigenvalue weighted by Gasteiger charge is 2.57. The summed E-state index contributed by atoms with van der Waals surface area (Å²) in [7, 11) is -15.8. The van der Waals surface area contributed by atoms with Crippen molar-refractivity contribution >= 4 is 29.3 Å². The van der Waals surface area contributed by atoms with Gasteiger partial charge in [-0.1, -0.05) is 5.11 Å². The van der Waals surface area contributed by atoms with Gasteiger partial charge in [-0.25, -0.2) is 22.9 Å². The van der Waals surface area contributed by atoms with Crippen molar-refractivity contribution in [3.8, 4) is 0 Å². The average molecular weight is 554 g/mol. The number of phosphoric ester groups is 1. The lowest BCUT2D eigenvalue weighted by molar-refractivity contribution is -0.120. The summed E-state index contributed by atoms with van der Waals surface area (Å²) in [5.41, 5.74) is 5.12. The number of rotatable bonds is 11. The summed E-state index contributed by atoms with van der Waals surface area (Å²) < 4.78 is 66.5. The third-order valence-corrected chi connectivity index (χ3v) is 7.90. The summed E-state index contributed by atoms with van der Waals surface area (Å²) in [6.07, 6.45) is -5.50. The molecule has 0 amide bonds. The van der Waals surface area contributed by atoms with Gasteiger partial charge in [-0.3, -0.25) is 9.09 Å². The quantitative estimate of drug-likeness (QED) is 0.0901. The first-order valence-electron chi connectivity index (χ1n) is 8.61. The SMILES string of the molecule is CNc1ccn([C@@H]2O[C@](CN=[N+]=[N-])(COP(=O)(O)OP(=O)(O)OP(=O)(O)O)[C@@H](O)[C@H]2F)c(=O)n1. The van der Waals surface area contributed by atoms with E-state index in [9.17, 15) is 37.8 Å². The largest absolute Gasteiger partial charge is 0.490 e. The molecule has 2 heterocycles. The minimum absolute atomic E-state index is 0.114. The molecule has 0 saturated carbocycles. The fraction of sp³-hybridized carbons (Fsp3) is 0.636. The van der Waals surface area contributed by atoms with E-state index in [1.807, 2.05) is 0 Å². The normalized spacial score (nSPS) is 28.5. The van der Waals surface area contributed by atoms with Crippen molar-refractivity contribution in [2.24, 2.45) is 5.11 Å². The molecule has 1 aromatic rings. The standard InChI is InChI=1S/C11H18FN6O13P3/c1-14-6-2-3-18(10(20)16-6)9-7(12)8(19)11(29-9,4-15-17-13)5-28-33(24,25)31-34(26,27)30-32(21,22)23/h2-3,7-9,19H,4-5H2,1H3,(H,24,25)(H,26,27)(H,14,16,20)(H2,21,22,23)/t7-,8+,9-,11-/m1/s1. The van der Waals surface area contributed by atoms with E-state index in [1.165, 1.54) is 13.1 Å². The Hall–Kier alpha value is -1.75. The monoisotopic (exact) mass is 554 g/mol. The Morgan fingerprint density at radius 1 is 1.32 bits per heavy atom. The summed E-state index contributed by atoms with van der Waals surface area (Å²) in [4.78, 5) is 54.0. The van der Waals surface area contributed by atoms with Gasteiger partial charge < -0.3 is 34.7 Å². The van der Waals surface area contributed by atoms with Crippen LogP contribution in [0, 0.1) is 0 Å². The first-order valence-corrected chi connectivity index (χ1v) is 13.1. The second kappa shape index (κ2) is 10.5. The summed E-state index contributed by atoms with van der Waals surface area (Å²) >= 11 is 0. The molecule has 192 valence electrons. The van der Waals surface area contributed by atoms with Gasteiger partial charge in [-0.2, -0.15) is 13.6 Å². The zero-order chi connectivity index (χ0) is 25.9. The Morgan fingerprint density at radius 3 is 2.50 bits per heavy atom. The maximum absolute atomic E-state index is 14.9. The maximum Gasteiger partial charge on any atom is 0.490 e. The van der Waals surface area contributed by atoms with Gasteiger partial charge in [0.15, 0.2) is 12.4 Å². The van der Waals surface area contributed by atoms with Gasteiger partial charge in [0, 0.05) is 18.2 Å². The number of aliphatic hydroxyl groups excluding tert-OH is 1. The highest BCUT2D eigenvalue weighted by atomic mass is 31.3. The molecular weight excluding hydrogens is 536 g/mol. The van der Waals surface area contributed by atoms with Gasteiger partial charge in [0.1, 0.15) is 17.5 Å². The molecule has 0 aliphatic carbocycles. The molecule has 0 aromatic carbocycles. The number of phosphoric acid groups is 3. The number of halogens is 1. The van der Waals surface area contributed by atoms with Gasteiger partial charge in [-0.05, 0) is 11.6 Å². The lowest BCUT2D eigenvalue weighted by Gasteiger charge is -2.30. The maximum atomic E-state index is 14.9. The molecule has 0 spiro atoms. The van der Waals surface area contributed by atoms with Crippen LogP contribution in [0.4, 0.5) is 10.2 Å². The second-order valence-corrected chi connectivity index (χ2v) is 10.9. The van der Waals surface area contributed by atoms with Crippen LogP contribution in [0.1, 0.15) is 6.23 Å². The highest BCUT2D eigenvalue weighted by Crippen LogP contribution is 2.66. The number of nitrogens with one attached hydrogen (secondary N) is 1. The third-order valence-electron chi connectivity index (χ3n) is 4.12. The zero-order valence-electron chi connectivity index (χ0n) is 16.8. The predicted octanol–water partition coefficient (Wildman–Crippen LogP) is -0.0948. The van der Waals surface area contributed by atoms with E-state index in [1.54, 1.807) is 0 Å². The molecule has 1 aliphatic rings. The Bertz CT molecular complexity index is 1160. The van der Waals surface area contributed by atoms with E-state index >= 15 is 0 Å². The van der Waals surface area contributed by atoms with E-state index in [0.29, 0.717) is 4.57 Å². The van der Waals surface area contributed by atoms with E-state index < -0.39 is 66.4 Å². The molecule has 34 heavy (non-hydrogen) atoms. The van der Waals surface area contributed by atoms with Crippen LogP contribution in [0.2, 0.25) is 0 Å². The molecule has 6 atom stereocenters. The van der Waals surface area contributed by atoms with E-state index in [-0.39, 0.29) is 5.82 Å². The fourth-order valence-electron chi connectivity index (χ4n) is 2.72. The Kier molecular flexibility index (Phi) is 8.78. The van der Waals surface area contributed by atoms with E-state index in [2.05, 4.69) is 33.5 Å². The van der Waals surface area contributed by atoms with Crippen molar-refractivity contribution in [2.45, 2.75) is 24.1 Å². The topological polar surface area (TPSA) is 285 Å². The van der Waals surface area contributed by atoms with Gasteiger partial charge in [0.25, 0.3) is 0 Å². The van der Waals surface area contributed by atoms with Crippen molar-refractivity contribution in [2.75, 3.05) is 25.5 Å². The van der Waals surface area contributed by atoms with E-state index in [4.69, 9.17) is 20.1 Å². The lowest BCUT2D eigenvalue weighted by atomic mass is 9.97. The molecule has 1 fully saturated rings. The second-order valence-electron chi connectivity index (χ2n) is 6.47. The van der Waals surface area contributed by atoms with Gasteiger partial charge in [0.05, 0.1) is 13.2 Å². The number of aliphatic hydroxyl groups is 1. The van der Waals surface area contributed by atoms with Crippen LogP contribution >= 0.6 is 23.5 Å². The number of nitrogens with zero attached hydrogens (tertiary/aromatic N) is 5. The molecule has 1 saturated heterocycles.